The Balaban J connectivity index is 1.37. The quantitative estimate of drug-likeness (QED) is 0.618. The summed E-state index contributed by atoms with van der Waals surface area (Å²) < 4.78 is 7.54. The number of fused-ring (bicyclic) bond motifs is 1. The summed E-state index contributed by atoms with van der Waals surface area (Å²) in [7, 11) is 1.88. The van der Waals surface area contributed by atoms with Crippen molar-refractivity contribution >= 4 is 28.9 Å². The molecule has 3 aromatic rings. The number of pyridine rings is 1. The van der Waals surface area contributed by atoms with E-state index in [4.69, 9.17) is 4.74 Å². The molecule has 1 amide bonds. The van der Waals surface area contributed by atoms with Gasteiger partial charge in [-0.05, 0) is 50.5 Å². The van der Waals surface area contributed by atoms with Gasteiger partial charge in [-0.3, -0.25) is 9.48 Å². The summed E-state index contributed by atoms with van der Waals surface area (Å²) in [4.78, 5) is 21.7. The molecule has 2 aliphatic rings. The van der Waals surface area contributed by atoms with E-state index in [9.17, 15) is 4.79 Å². The summed E-state index contributed by atoms with van der Waals surface area (Å²) >= 11 is 1.69. The Hall–Kier alpha value is -2.71. The van der Waals surface area contributed by atoms with Crippen molar-refractivity contribution in [2.24, 2.45) is 7.05 Å². The molecule has 0 aromatic carbocycles. The molecule has 8 heteroatoms. The number of nitrogens with one attached hydrogen (secondary N) is 1. The van der Waals surface area contributed by atoms with Crippen LogP contribution in [0.5, 0.6) is 0 Å². The molecule has 1 aliphatic carbocycles. The van der Waals surface area contributed by atoms with Gasteiger partial charge in [0.05, 0.1) is 30.0 Å². The van der Waals surface area contributed by atoms with Gasteiger partial charge in [0.25, 0.3) is 5.91 Å². The lowest BCUT2D eigenvalue weighted by molar-refractivity contribution is 0.0429. The van der Waals surface area contributed by atoms with Gasteiger partial charge in [0.2, 0.25) is 0 Å². The highest BCUT2D eigenvalue weighted by Gasteiger charge is 2.44. The molecule has 5 rings (SSSR count). The first kappa shape index (κ1) is 19.3. The smallest absolute Gasteiger partial charge is 0.255 e. The minimum absolute atomic E-state index is 0.0965. The van der Waals surface area contributed by atoms with Gasteiger partial charge >= 0.3 is 0 Å². The fraction of sp³-hybridized carbons (Fsp3) is 0.409. The largest absolute Gasteiger partial charge is 0.376 e. The van der Waals surface area contributed by atoms with Crippen LogP contribution in [0.2, 0.25) is 0 Å². The first-order valence-corrected chi connectivity index (χ1v) is 11.0. The van der Waals surface area contributed by atoms with Crippen molar-refractivity contribution in [2.45, 2.75) is 38.3 Å². The van der Waals surface area contributed by atoms with E-state index in [1.165, 1.54) is 0 Å². The van der Waals surface area contributed by atoms with Crippen molar-refractivity contribution in [3.8, 4) is 10.4 Å². The van der Waals surface area contributed by atoms with E-state index in [-0.39, 0.29) is 11.4 Å². The van der Waals surface area contributed by atoms with Gasteiger partial charge in [0.1, 0.15) is 11.6 Å². The van der Waals surface area contributed by atoms with Crippen LogP contribution in [0.15, 0.2) is 36.7 Å². The van der Waals surface area contributed by atoms with Crippen molar-refractivity contribution in [2.75, 3.05) is 18.5 Å². The Morgan fingerprint density at radius 2 is 2.10 bits per heavy atom. The molecule has 0 unspecified atom stereocenters. The summed E-state index contributed by atoms with van der Waals surface area (Å²) in [5.41, 5.74) is 1.52. The summed E-state index contributed by atoms with van der Waals surface area (Å²) in [6, 6.07) is 7.91. The van der Waals surface area contributed by atoms with Gasteiger partial charge < -0.3 is 15.0 Å². The van der Waals surface area contributed by atoms with Crippen molar-refractivity contribution in [3.05, 3.63) is 47.1 Å². The predicted molar refractivity (Wildman–Crippen MR) is 117 cm³/mol. The lowest BCUT2D eigenvalue weighted by Crippen LogP contribution is -2.41. The number of nitrogens with zero attached hydrogens (tertiary/aromatic N) is 4. The minimum atomic E-state index is -0.328. The summed E-state index contributed by atoms with van der Waals surface area (Å²) in [5, 5.41) is 7.46. The van der Waals surface area contributed by atoms with E-state index in [2.05, 4.69) is 29.2 Å². The average Bonchev–Trinajstić information content (AvgIpc) is 3.22. The average molecular weight is 424 g/mol. The minimum Gasteiger partial charge on any atom is -0.376 e. The van der Waals surface area contributed by atoms with Gasteiger partial charge in [0.15, 0.2) is 0 Å². The summed E-state index contributed by atoms with van der Waals surface area (Å²) in [5.74, 6) is 1.71. The molecule has 156 valence electrons. The second-order valence-electron chi connectivity index (χ2n) is 8.33. The van der Waals surface area contributed by atoms with Crippen LogP contribution in [-0.2, 0) is 17.3 Å². The van der Waals surface area contributed by atoms with Crippen molar-refractivity contribution in [1.29, 1.82) is 0 Å². The Kier molecular flexibility index (Phi) is 4.63. The van der Waals surface area contributed by atoms with Crippen LogP contribution in [0.4, 0.5) is 11.6 Å². The highest BCUT2D eigenvalue weighted by Crippen LogP contribution is 2.46. The normalized spacial score (nSPS) is 17.4. The number of hydrogen-bond donors (Lipinski definition) is 1. The molecule has 0 atom stereocenters. The fourth-order valence-electron chi connectivity index (χ4n) is 3.87. The number of amides is 1. The number of rotatable bonds is 7. The molecule has 0 bridgehead atoms. The molecule has 4 heterocycles. The molecule has 30 heavy (non-hydrogen) atoms. The Labute approximate surface area is 179 Å². The maximum absolute atomic E-state index is 13.1. The molecule has 0 radical (unpaired) electrons. The first-order valence-electron chi connectivity index (χ1n) is 10.2. The number of thiophene rings is 1. The highest BCUT2D eigenvalue weighted by atomic mass is 32.1. The molecule has 1 fully saturated rings. The molecule has 0 spiro atoms. The van der Waals surface area contributed by atoms with Crippen LogP contribution >= 0.6 is 11.3 Å². The molecule has 7 nitrogen and oxygen atoms in total. The zero-order chi connectivity index (χ0) is 20.9. The van der Waals surface area contributed by atoms with E-state index in [1.54, 1.807) is 28.4 Å². The van der Waals surface area contributed by atoms with Crippen LogP contribution in [-0.4, -0.2) is 44.8 Å². The highest BCUT2D eigenvalue weighted by molar-refractivity contribution is 7.16. The van der Waals surface area contributed by atoms with Crippen molar-refractivity contribution in [3.63, 3.8) is 0 Å². The number of hydrogen-bond acceptors (Lipinski definition) is 6. The first-order chi connectivity index (χ1) is 14.4. The molecule has 1 aliphatic heterocycles. The SMILES string of the molecule is Cn1nccc1Nc1cc(-c2cc3c(s2)C(C)(C)N(CCOC2CC2)C3=O)ccn1. The van der Waals surface area contributed by atoms with Gasteiger partial charge in [-0.2, -0.15) is 5.10 Å². The Morgan fingerprint density at radius 3 is 2.80 bits per heavy atom. The maximum atomic E-state index is 13.1. The van der Waals surface area contributed by atoms with Crippen LogP contribution in [0.25, 0.3) is 10.4 Å². The van der Waals surface area contributed by atoms with Gasteiger partial charge in [-0.15, -0.1) is 11.3 Å². The summed E-state index contributed by atoms with van der Waals surface area (Å²) in [6.45, 7) is 5.48. The third-order valence-corrected chi connectivity index (χ3v) is 7.25. The van der Waals surface area contributed by atoms with Crippen LogP contribution in [0, 0.1) is 0 Å². The standard InChI is InChI=1S/C22H25N5O2S/c1-22(2)20-16(21(28)27(22)10-11-29-15-4-5-15)13-17(30-20)14-6-8-23-18(12-14)25-19-7-9-24-26(19)3/h6-9,12-13,15H,4-5,10-11H2,1-3H3,(H,23,25). The lowest BCUT2D eigenvalue weighted by Gasteiger charge is -2.32. The molecule has 1 N–H and O–H groups in total. The Morgan fingerprint density at radius 1 is 1.27 bits per heavy atom. The molecular weight excluding hydrogens is 398 g/mol. The monoisotopic (exact) mass is 423 g/mol. The zero-order valence-corrected chi connectivity index (χ0v) is 18.2. The van der Waals surface area contributed by atoms with Crippen molar-refractivity contribution < 1.29 is 9.53 Å². The van der Waals surface area contributed by atoms with Crippen LogP contribution < -0.4 is 5.32 Å². The van der Waals surface area contributed by atoms with Gasteiger partial charge in [0, 0.05) is 35.6 Å². The number of anilines is 2. The molecule has 3 aromatic heterocycles. The molecule has 0 saturated heterocycles. The van der Waals surface area contributed by atoms with E-state index in [0.29, 0.717) is 19.3 Å². The van der Waals surface area contributed by atoms with Gasteiger partial charge in [-0.25, -0.2) is 4.98 Å². The number of carbonyl (C=O) groups is 1. The van der Waals surface area contributed by atoms with E-state index in [1.807, 2.05) is 36.2 Å². The third kappa shape index (κ3) is 3.40. The maximum Gasteiger partial charge on any atom is 0.255 e. The second kappa shape index (κ2) is 7.21. The predicted octanol–water partition coefficient (Wildman–Crippen LogP) is 4.16. The number of ether oxygens (including phenoxy) is 1. The number of carbonyl (C=O) groups excluding carboxylic acids is 1. The van der Waals surface area contributed by atoms with Gasteiger partial charge in [-0.1, -0.05) is 0 Å². The van der Waals surface area contributed by atoms with Crippen LogP contribution in [0.1, 0.15) is 41.9 Å². The molecule has 1 saturated carbocycles. The number of aromatic nitrogens is 3. The lowest BCUT2D eigenvalue weighted by atomic mass is 10.0. The van der Waals surface area contributed by atoms with E-state index < -0.39 is 0 Å². The Bertz CT molecular complexity index is 1100. The number of aryl methyl sites for hydroxylation is 1. The van der Waals surface area contributed by atoms with Crippen LogP contribution in [0.3, 0.4) is 0 Å². The summed E-state index contributed by atoms with van der Waals surface area (Å²) in [6.07, 6.45) is 6.24. The topological polar surface area (TPSA) is 72.3 Å². The van der Waals surface area contributed by atoms with E-state index in [0.717, 1.165) is 45.4 Å². The zero-order valence-electron chi connectivity index (χ0n) is 17.4. The third-order valence-electron chi connectivity index (χ3n) is 5.75. The fourth-order valence-corrected chi connectivity index (χ4v) is 5.13. The van der Waals surface area contributed by atoms with Crippen molar-refractivity contribution in [1.82, 2.24) is 19.7 Å². The second-order valence-corrected chi connectivity index (χ2v) is 9.39. The molecular formula is C22H25N5O2S. The van der Waals surface area contributed by atoms with E-state index >= 15 is 0 Å².